The van der Waals surface area contributed by atoms with E-state index in [0.29, 0.717) is 0 Å². The van der Waals surface area contributed by atoms with Gasteiger partial charge in [-0.2, -0.15) is 4.21 Å². The first-order chi connectivity index (χ1) is 1.73. The van der Waals surface area contributed by atoms with Gasteiger partial charge in [-0.25, -0.2) is 0 Å². The van der Waals surface area contributed by atoms with Crippen molar-refractivity contribution in [3.8, 4) is 0 Å². The molecular formula is H6CaClNaO3S. The van der Waals surface area contributed by atoms with Crippen LogP contribution in [0.25, 0.3) is 0 Å². The van der Waals surface area contributed by atoms with Gasteiger partial charge in [0.25, 0.3) is 11.4 Å². The van der Waals surface area contributed by atoms with Crippen LogP contribution < -0.4 is 0 Å². The molecule has 3 nitrogen and oxygen atoms in total. The van der Waals surface area contributed by atoms with E-state index in [0.717, 1.165) is 0 Å². The van der Waals surface area contributed by atoms with Crippen molar-refractivity contribution in [2.45, 2.75) is 0 Å². The second kappa shape index (κ2) is 15.8. The maximum absolute atomic E-state index is 8.67. The van der Waals surface area contributed by atoms with E-state index < -0.39 is 11.4 Å². The van der Waals surface area contributed by atoms with E-state index in [9.17, 15) is 0 Å². The van der Waals surface area contributed by atoms with Crippen molar-refractivity contribution < 1.29 is 13.3 Å². The molecule has 2 N–H and O–H groups in total. The van der Waals surface area contributed by atoms with Gasteiger partial charge in [0.1, 0.15) is 0 Å². The van der Waals surface area contributed by atoms with E-state index in [4.69, 9.17) is 13.3 Å². The Bertz CT molecular complexity index is 37.9. The van der Waals surface area contributed by atoms with Gasteiger partial charge < -0.3 is 0 Å². The van der Waals surface area contributed by atoms with Crippen molar-refractivity contribution in [3.63, 3.8) is 0 Å². The molecule has 0 radical (unpaired) electrons. The molecule has 0 saturated heterocycles. The molecule has 0 aliphatic rings. The molecule has 0 saturated carbocycles. The Hall–Kier alpha value is 2.62. The van der Waals surface area contributed by atoms with Gasteiger partial charge in [-0.1, -0.05) is 0 Å². The molecule has 0 aromatic heterocycles. The van der Waals surface area contributed by atoms with E-state index >= 15 is 0 Å². The van der Waals surface area contributed by atoms with E-state index in [1.165, 1.54) is 0 Å². The monoisotopic (exact) mass is 184 g/mol. The summed E-state index contributed by atoms with van der Waals surface area (Å²) in [6.07, 6.45) is 0. The molecule has 0 heterocycles. The van der Waals surface area contributed by atoms with Crippen molar-refractivity contribution in [3.05, 3.63) is 0 Å². The Morgan fingerprint density at radius 1 is 1.29 bits per heavy atom. The summed E-state index contributed by atoms with van der Waals surface area (Å²) < 4.78 is 22.8. The van der Waals surface area contributed by atoms with Crippen LogP contribution in [-0.2, 0) is 11.4 Å². The minimum atomic E-state index is -2.61. The summed E-state index contributed by atoms with van der Waals surface area (Å²) >= 11 is -2.61. The second-order valence-corrected chi connectivity index (χ2v) is 0.692. The van der Waals surface area contributed by atoms with Gasteiger partial charge in [0, 0.05) is 0 Å². The molecule has 0 spiro atoms. The molecule has 0 amide bonds. The van der Waals surface area contributed by atoms with Crippen LogP contribution in [0.4, 0.5) is 0 Å². The van der Waals surface area contributed by atoms with E-state index in [1.807, 2.05) is 0 Å². The number of hydrogen-bond donors (Lipinski definition) is 2. The first-order valence-corrected chi connectivity index (χ1v) is 1.60. The fourth-order valence-corrected chi connectivity index (χ4v) is 0. The molecular weight excluding hydrogens is 179 g/mol. The third-order valence-electron chi connectivity index (χ3n) is 0. The van der Waals surface area contributed by atoms with Crippen LogP contribution in [0.1, 0.15) is 0 Å². The van der Waals surface area contributed by atoms with E-state index in [-0.39, 0.29) is 79.7 Å². The van der Waals surface area contributed by atoms with Crippen molar-refractivity contribution in [1.82, 2.24) is 0 Å². The van der Waals surface area contributed by atoms with Crippen molar-refractivity contribution in [2.24, 2.45) is 0 Å². The maximum atomic E-state index is 8.67. The van der Waals surface area contributed by atoms with Crippen molar-refractivity contribution in [1.29, 1.82) is 0 Å². The van der Waals surface area contributed by atoms with Crippen LogP contribution in [0.5, 0.6) is 0 Å². The Kier molecular flexibility index (Phi) is 51.2. The molecule has 7 heteroatoms. The van der Waals surface area contributed by atoms with Gasteiger partial charge in [0.05, 0.1) is 0 Å². The van der Waals surface area contributed by atoms with Crippen LogP contribution in [0.15, 0.2) is 0 Å². The Balaban J connectivity index is -0.0000000150. The Labute approximate surface area is 102 Å². The number of rotatable bonds is 0. The third-order valence-corrected chi connectivity index (χ3v) is 0. The van der Waals surface area contributed by atoms with E-state index in [1.54, 1.807) is 0 Å². The van der Waals surface area contributed by atoms with Gasteiger partial charge >= 0.3 is 67.3 Å². The zero-order valence-electron chi connectivity index (χ0n) is 2.12. The summed E-state index contributed by atoms with van der Waals surface area (Å²) in [7, 11) is 0. The summed E-state index contributed by atoms with van der Waals surface area (Å²) in [5, 5.41) is 0. The first kappa shape index (κ1) is 22.6. The van der Waals surface area contributed by atoms with Crippen molar-refractivity contribution >= 4 is 91.1 Å². The molecule has 0 rings (SSSR count). The van der Waals surface area contributed by atoms with Crippen molar-refractivity contribution in [2.75, 3.05) is 0 Å². The van der Waals surface area contributed by atoms with Gasteiger partial charge in [-0.15, -0.1) is 12.4 Å². The molecule has 0 aromatic carbocycles. The van der Waals surface area contributed by atoms with Crippen LogP contribution in [0.3, 0.4) is 0 Å². The normalized spacial score (nSPS) is 5.00. The zero-order valence-corrected chi connectivity index (χ0v) is 3.75. The van der Waals surface area contributed by atoms with Crippen LogP contribution >= 0.6 is 12.4 Å². The summed E-state index contributed by atoms with van der Waals surface area (Å²) in [5.74, 6) is 0. The molecule has 0 unspecified atom stereocenters. The van der Waals surface area contributed by atoms with Gasteiger partial charge in [-0.05, 0) is 0 Å². The molecule has 0 bridgehead atoms. The predicted molar refractivity (Wildman–Crippen MR) is 36.3 cm³/mol. The fraction of sp³-hybridized carbons (Fsp3) is 0. The quantitative estimate of drug-likeness (QED) is 0.357. The summed E-state index contributed by atoms with van der Waals surface area (Å²) in [6, 6.07) is 0. The minimum absolute atomic E-state index is 0. The summed E-state index contributed by atoms with van der Waals surface area (Å²) in [5.41, 5.74) is 0. The SMILES string of the molecule is Cl.O=S(O)O.[CaH2].[NaH]. The first-order valence-electron chi connectivity index (χ1n) is 0.532. The Morgan fingerprint density at radius 2 is 1.29 bits per heavy atom. The van der Waals surface area contributed by atoms with Crippen LogP contribution in [-0.4, -0.2) is 80.6 Å². The topological polar surface area (TPSA) is 57.5 Å². The van der Waals surface area contributed by atoms with Crippen LogP contribution in [0.2, 0.25) is 0 Å². The fourth-order valence-electron chi connectivity index (χ4n) is 0. The predicted octanol–water partition coefficient (Wildman–Crippen LogP) is -1.46. The molecule has 7 heavy (non-hydrogen) atoms. The number of hydrogen-bond acceptors (Lipinski definition) is 1. The molecule has 0 atom stereocenters. The Morgan fingerprint density at radius 3 is 1.29 bits per heavy atom. The molecule has 0 fully saturated rings. The summed E-state index contributed by atoms with van der Waals surface area (Å²) in [6.45, 7) is 0. The summed E-state index contributed by atoms with van der Waals surface area (Å²) in [4.78, 5) is 0. The average molecular weight is 185 g/mol. The van der Waals surface area contributed by atoms with Gasteiger partial charge in [0.15, 0.2) is 0 Å². The second-order valence-electron chi connectivity index (χ2n) is 0.231. The molecule has 40 valence electrons. The third kappa shape index (κ3) is 55.0. The molecule has 0 aliphatic carbocycles. The van der Waals surface area contributed by atoms with Gasteiger partial charge in [0.2, 0.25) is 0 Å². The number of halogens is 1. The standard InChI is InChI=1S/Ca.ClH.Na.H2O3S.3H/c;;;1-4(2)3;;;/h;1H;;(H2,1,2,3);;;. The van der Waals surface area contributed by atoms with E-state index in [2.05, 4.69) is 0 Å². The van der Waals surface area contributed by atoms with Crippen LogP contribution in [0, 0.1) is 0 Å². The van der Waals surface area contributed by atoms with Gasteiger partial charge in [-0.3, -0.25) is 9.11 Å². The zero-order chi connectivity index (χ0) is 3.58. The average Bonchev–Trinajstić information content (AvgIpc) is 0.811. The molecule has 0 aromatic rings. The molecule has 0 aliphatic heterocycles.